The molecule has 1 aliphatic rings. The van der Waals surface area contributed by atoms with Crippen molar-refractivity contribution in [1.29, 1.82) is 0 Å². The first-order chi connectivity index (χ1) is 6.70. The standard InChI is InChI=1S/C11H21NO2/c1-4-9(2)12-8-6-5-7-10(12)11(13)14-3/h9-10H,4-8H2,1-3H3. The third kappa shape index (κ3) is 2.47. The Morgan fingerprint density at radius 3 is 2.86 bits per heavy atom. The Kier molecular flexibility index (Phi) is 4.39. The summed E-state index contributed by atoms with van der Waals surface area (Å²) in [5, 5.41) is 0. The van der Waals surface area contributed by atoms with Crippen LogP contribution in [0.15, 0.2) is 0 Å². The van der Waals surface area contributed by atoms with Gasteiger partial charge in [-0.25, -0.2) is 0 Å². The first-order valence-electron chi connectivity index (χ1n) is 5.54. The molecule has 0 radical (unpaired) electrons. The van der Waals surface area contributed by atoms with Gasteiger partial charge in [0.2, 0.25) is 0 Å². The van der Waals surface area contributed by atoms with Gasteiger partial charge in [-0.2, -0.15) is 0 Å². The fraction of sp³-hybridized carbons (Fsp3) is 0.909. The second-order valence-corrected chi connectivity index (χ2v) is 4.03. The van der Waals surface area contributed by atoms with Crippen LogP contribution in [0.2, 0.25) is 0 Å². The number of carbonyl (C=O) groups excluding carboxylic acids is 1. The number of likely N-dealkylation sites (tertiary alicyclic amines) is 1. The molecule has 0 saturated carbocycles. The van der Waals surface area contributed by atoms with Gasteiger partial charge in [0, 0.05) is 6.04 Å². The van der Waals surface area contributed by atoms with Crippen molar-refractivity contribution in [3.05, 3.63) is 0 Å². The maximum absolute atomic E-state index is 11.5. The number of piperidine rings is 1. The number of hydrogen-bond acceptors (Lipinski definition) is 3. The monoisotopic (exact) mass is 199 g/mol. The molecule has 2 atom stereocenters. The minimum atomic E-state index is -0.0648. The second-order valence-electron chi connectivity index (χ2n) is 4.03. The van der Waals surface area contributed by atoms with Gasteiger partial charge in [-0.15, -0.1) is 0 Å². The second kappa shape index (κ2) is 5.35. The zero-order valence-corrected chi connectivity index (χ0v) is 9.45. The van der Waals surface area contributed by atoms with E-state index >= 15 is 0 Å². The summed E-state index contributed by atoms with van der Waals surface area (Å²) in [6, 6.07) is 0.489. The van der Waals surface area contributed by atoms with Crippen LogP contribution in [0.5, 0.6) is 0 Å². The van der Waals surface area contributed by atoms with E-state index < -0.39 is 0 Å². The summed E-state index contributed by atoms with van der Waals surface area (Å²) in [6.07, 6.45) is 4.40. The van der Waals surface area contributed by atoms with Crippen LogP contribution in [-0.4, -0.2) is 36.6 Å². The summed E-state index contributed by atoms with van der Waals surface area (Å²) >= 11 is 0. The number of nitrogens with zero attached hydrogens (tertiary/aromatic N) is 1. The van der Waals surface area contributed by atoms with Gasteiger partial charge in [-0.3, -0.25) is 9.69 Å². The van der Waals surface area contributed by atoms with Gasteiger partial charge in [0.05, 0.1) is 7.11 Å². The average Bonchev–Trinajstić information content (AvgIpc) is 2.27. The van der Waals surface area contributed by atoms with Crippen molar-refractivity contribution in [2.75, 3.05) is 13.7 Å². The molecule has 14 heavy (non-hydrogen) atoms. The van der Waals surface area contributed by atoms with E-state index in [0.29, 0.717) is 6.04 Å². The normalized spacial score (nSPS) is 25.8. The van der Waals surface area contributed by atoms with Crippen molar-refractivity contribution in [2.24, 2.45) is 0 Å². The number of carbonyl (C=O) groups is 1. The summed E-state index contributed by atoms with van der Waals surface area (Å²) in [6.45, 7) is 5.38. The lowest BCUT2D eigenvalue weighted by molar-refractivity contribution is -0.149. The molecule has 0 bridgehead atoms. The maximum Gasteiger partial charge on any atom is 0.323 e. The van der Waals surface area contributed by atoms with Crippen LogP contribution < -0.4 is 0 Å². The number of hydrogen-bond donors (Lipinski definition) is 0. The molecule has 3 heteroatoms. The lowest BCUT2D eigenvalue weighted by Crippen LogP contribution is -2.49. The summed E-state index contributed by atoms with van der Waals surface area (Å²) in [4.78, 5) is 13.8. The molecule has 1 fully saturated rings. The summed E-state index contributed by atoms with van der Waals surface area (Å²) in [5.41, 5.74) is 0. The van der Waals surface area contributed by atoms with E-state index in [1.807, 2.05) is 0 Å². The van der Waals surface area contributed by atoms with Crippen LogP contribution >= 0.6 is 0 Å². The first-order valence-corrected chi connectivity index (χ1v) is 5.54. The highest BCUT2D eigenvalue weighted by molar-refractivity contribution is 5.75. The molecule has 2 unspecified atom stereocenters. The van der Waals surface area contributed by atoms with Gasteiger partial charge in [-0.05, 0) is 32.7 Å². The Balaban J connectivity index is 2.63. The maximum atomic E-state index is 11.5. The number of ether oxygens (including phenoxy) is 1. The van der Waals surface area contributed by atoms with E-state index in [0.717, 1.165) is 25.8 Å². The van der Waals surface area contributed by atoms with E-state index in [9.17, 15) is 4.79 Å². The molecular formula is C11H21NO2. The highest BCUT2D eigenvalue weighted by atomic mass is 16.5. The fourth-order valence-corrected chi connectivity index (χ4v) is 2.11. The fourth-order valence-electron chi connectivity index (χ4n) is 2.11. The predicted octanol–water partition coefficient (Wildman–Crippen LogP) is 1.81. The van der Waals surface area contributed by atoms with Crippen LogP contribution in [0.25, 0.3) is 0 Å². The van der Waals surface area contributed by atoms with E-state index in [4.69, 9.17) is 4.74 Å². The third-order valence-corrected chi connectivity index (χ3v) is 3.17. The van der Waals surface area contributed by atoms with Crippen molar-refractivity contribution < 1.29 is 9.53 Å². The molecular weight excluding hydrogens is 178 g/mol. The first kappa shape index (κ1) is 11.5. The predicted molar refractivity (Wildman–Crippen MR) is 56.1 cm³/mol. The number of rotatable bonds is 3. The Bertz CT molecular complexity index is 194. The largest absolute Gasteiger partial charge is 0.468 e. The van der Waals surface area contributed by atoms with Gasteiger partial charge in [0.25, 0.3) is 0 Å². The van der Waals surface area contributed by atoms with Crippen LogP contribution in [0.1, 0.15) is 39.5 Å². The topological polar surface area (TPSA) is 29.5 Å². The van der Waals surface area contributed by atoms with Gasteiger partial charge >= 0.3 is 5.97 Å². The smallest absolute Gasteiger partial charge is 0.323 e. The van der Waals surface area contributed by atoms with Crippen molar-refractivity contribution in [2.45, 2.75) is 51.6 Å². The Morgan fingerprint density at radius 1 is 1.57 bits per heavy atom. The van der Waals surface area contributed by atoms with Crippen LogP contribution in [0.3, 0.4) is 0 Å². The summed E-state index contributed by atoms with van der Waals surface area (Å²) < 4.78 is 4.83. The van der Waals surface area contributed by atoms with Gasteiger partial charge in [0.15, 0.2) is 0 Å². The highest BCUT2D eigenvalue weighted by Gasteiger charge is 2.31. The molecule has 82 valence electrons. The van der Waals surface area contributed by atoms with E-state index in [1.54, 1.807) is 0 Å². The summed E-state index contributed by atoms with van der Waals surface area (Å²) in [5.74, 6) is -0.0648. The van der Waals surface area contributed by atoms with Crippen LogP contribution in [-0.2, 0) is 9.53 Å². The minimum absolute atomic E-state index is 0.00343. The molecule has 0 aromatic carbocycles. The number of methoxy groups -OCH3 is 1. The molecule has 1 saturated heterocycles. The molecule has 0 amide bonds. The van der Waals surface area contributed by atoms with Crippen molar-refractivity contribution in [1.82, 2.24) is 4.90 Å². The molecule has 3 nitrogen and oxygen atoms in total. The Hall–Kier alpha value is -0.570. The van der Waals surface area contributed by atoms with Crippen molar-refractivity contribution in [3.8, 4) is 0 Å². The van der Waals surface area contributed by atoms with Gasteiger partial charge < -0.3 is 4.74 Å². The highest BCUT2D eigenvalue weighted by Crippen LogP contribution is 2.21. The van der Waals surface area contributed by atoms with Gasteiger partial charge in [-0.1, -0.05) is 13.3 Å². The van der Waals surface area contributed by atoms with E-state index in [2.05, 4.69) is 18.7 Å². The van der Waals surface area contributed by atoms with Crippen LogP contribution in [0, 0.1) is 0 Å². The zero-order chi connectivity index (χ0) is 10.6. The molecule has 1 aliphatic heterocycles. The Labute approximate surface area is 86.4 Å². The lowest BCUT2D eigenvalue weighted by Gasteiger charge is -2.37. The molecule has 0 N–H and O–H groups in total. The zero-order valence-electron chi connectivity index (χ0n) is 9.45. The quantitative estimate of drug-likeness (QED) is 0.649. The van der Waals surface area contributed by atoms with Crippen molar-refractivity contribution >= 4 is 5.97 Å². The number of esters is 1. The van der Waals surface area contributed by atoms with E-state index in [1.165, 1.54) is 13.5 Å². The van der Waals surface area contributed by atoms with Crippen molar-refractivity contribution in [3.63, 3.8) is 0 Å². The molecule has 1 rings (SSSR count). The minimum Gasteiger partial charge on any atom is -0.468 e. The molecule has 0 aliphatic carbocycles. The van der Waals surface area contributed by atoms with Crippen LogP contribution in [0.4, 0.5) is 0 Å². The molecule has 0 aromatic heterocycles. The lowest BCUT2D eigenvalue weighted by atomic mass is 9.99. The third-order valence-electron chi connectivity index (χ3n) is 3.17. The van der Waals surface area contributed by atoms with E-state index in [-0.39, 0.29) is 12.0 Å². The molecule has 0 spiro atoms. The van der Waals surface area contributed by atoms with Gasteiger partial charge in [0.1, 0.15) is 6.04 Å². The SMILES string of the molecule is CCC(C)N1CCCCC1C(=O)OC. The molecule has 0 aromatic rings. The molecule has 1 heterocycles. The summed E-state index contributed by atoms with van der Waals surface area (Å²) in [7, 11) is 1.48. The Morgan fingerprint density at radius 2 is 2.29 bits per heavy atom. The average molecular weight is 199 g/mol.